The number of carbonyl (C=O) groups excluding carboxylic acids is 1. The molecular weight excluding hydrogens is 244 g/mol. The highest BCUT2D eigenvalue weighted by atomic mass is 32.1. The van der Waals surface area contributed by atoms with E-state index < -0.39 is 0 Å². The van der Waals surface area contributed by atoms with E-state index in [1.165, 1.54) is 22.7 Å². The Morgan fingerprint density at radius 3 is 3.00 bits per heavy atom. The molecule has 82 valence electrons. The molecule has 0 aliphatic rings. The molecule has 0 spiro atoms. The lowest BCUT2D eigenvalue weighted by Gasteiger charge is -1.98. The molecule has 6 heteroatoms. The van der Waals surface area contributed by atoms with Gasteiger partial charge in [-0.25, -0.2) is 0 Å². The van der Waals surface area contributed by atoms with Crippen LogP contribution in [0.3, 0.4) is 0 Å². The zero-order valence-corrected chi connectivity index (χ0v) is 9.73. The van der Waals surface area contributed by atoms with E-state index in [4.69, 9.17) is 10.1 Å². The fourth-order valence-corrected chi connectivity index (χ4v) is 2.44. The minimum absolute atomic E-state index is 0.127. The Labute approximate surface area is 100 Å². The molecule has 0 unspecified atom stereocenters. The quantitative estimate of drug-likeness (QED) is 0.649. The fraction of sp³-hybridized carbons (Fsp3) is 0. The van der Waals surface area contributed by atoms with E-state index in [0.717, 1.165) is 6.40 Å². The van der Waals surface area contributed by atoms with Crippen LogP contribution in [0.4, 0.5) is 5.00 Å². The van der Waals surface area contributed by atoms with Crippen molar-refractivity contribution in [1.29, 1.82) is 5.41 Å². The first-order valence-electron chi connectivity index (χ1n) is 4.40. The number of anilines is 1. The number of thiophene rings is 2. The molecule has 2 heterocycles. The Hall–Kier alpha value is -1.66. The van der Waals surface area contributed by atoms with Crippen molar-refractivity contribution in [2.45, 2.75) is 0 Å². The summed E-state index contributed by atoms with van der Waals surface area (Å²) in [5.74, 6) is -0.127. The summed E-state index contributed by atoms with van der Waals surface area (Å²) in [5.41, 5.74) is 0. The van der Waals surface area contributed by atoms with Crippen molar-refractivity contribution in [1.82, 2.24) is 0 Å². The monoisotopic (exact) mass is 252 g/mol. The van der Waals surface area contributed by atoms with Gasteiger partial charge in [-0.15, -0.1) is 11.3 Å². The smallest absolute Gasteiger partial charge is 0.266 e. The maximum Gasteiger partial charge on any atom is 0.266 e. The zero-order chi connectivity index (χ0) is 11.4. The maximum absolute atomic E-state index is 11.7. The summed E-state index contributed by atoms with van der Waals surface area (Å²) in [4.78, 5) is 12.3. The molecule has 0 aromatic carbocycles. The van der Waals surface area contributed by atoms with E-state index in [1.807, 2.05) is 11.4 Å². The molecule has 0 bridgehead atoms. The number of hydrogen-bond acceptors (Lipinski definition) is 5. The summed E-state index contributed by atoms with van der Waals surface area (Å²) >= 11 is 2.67. The number of nitrogens with one attached hydrogen (secondary N) is 2. The first kappa shape index (κ1) is 10.8. The second-order valence-electron chi connectivity index (χ2n) is 2.79. The topological polar surface area (TPSA) is 62.2 Å². The van der Waals surface area contributed by atoms with Crippen LogP contribution >= 0.6 is 22.7 Å². The Morgan fingerprint density at radius 1 is 1.44 bits per heavy atom. The molecule has 16 heavy (non-hydrogen) atoms. The minimum atomic E-state index is -0.127. The molecule has 4 nitrogen and oxygen atoms in total. The molecular formula is C10H8N2O2S2. The van der Waals surface area contributed by atoms with Crippen molar-refractivity contribution in [3.8, 4) is 5.06 Å². The van der Waals surface area contributed by atoms with Crippen molar-refractivity contribution in [3.05, 3.63) is 34.5 Å². The molecule has 0 saturated carbocycles. The molecule has 0 aliphatic heterocycles. The molecule has 2 aromatic heterocycles. The van der Waals surface area contributed by atoms with Gasteiger partial charge in [0, 0.05) is 0 Å². The second-order valence-corrected chi connectivity index (χ2v) is 4.78. The van der Waals surface area contributed by atoms with Gasteiger partial charge in [-0.3, -0.25) is 10.2 Å². The highest BCUT2D eigenvalue weighted by molar-refractivity contribution is 7.18. The number of amides is 1. The standard InChI is InChI=1S/C10H8N2O2S2/c11-6-14-9-4-3-8(16-9)12-10(13)7-2-1-5-15-7/h1-6,11H,(H,12,13). The molecule has 0 aliphatic carbocycles. The summed E-state index contributed by atoms with van der Waals surface area (Å²) in [5, 5.41) is 12.7. The highest BCUT2D eigenvalue weighted by Crippen LogP contribution is 2.28. The van der Waals surface area contributed by atoms with Gasteiger partial charge in [-0.05, 0) is 23.6 Å². The van der Waals surface area contributed by atoms with Gasteiger partial charge in [0.15, 0.2) is 11.5 Å². The van der Waals surface area contributed by atoms with Crippen molar-refractivity contribution in [3.63, 3.8) is 0 Å². The van der Waals surface area contributed by atoms with Crippen LogP contribution < -0.4 is 10.1 Å². The van der Waals surface area contributed by atoms with Crippen LogP contribution in [0.1, 0.15) is 9.67 Å². The lowest BCUT2D eigenvalue weighted by molar-refractivity contribution is 0.103. The minimum Gasteiger partial charge on any atom is -0.436 e. The van der Waals surface area contributed by atoms with Gasteiger partial charge in [-0.1, -0.05) is 17.4 Å². The predicted molar refractivity (Wildman–Crippen MR) is 66.0 cm³/mol. The zero-order valence-electron chi connectivity index (χ0n) is 8.10. The van der Waals surface area contributed by atoms with Gasteiger partial charge in [0.05, 0.1) is 9.88 Å². The third kappa shape index (κ3) is 2.47. The van der Waals surface area contributed by atoms with Crippen LogP contribution in [0.2, 0.25) is 0 Å². The van der Waals surface area contributed by atoms with Gasteiger partial charge >= 0.3 is 0 Å². The Morgan fingerprint density at radius 2 is 2.31 bits per heavy atom. The average Bonchev–Trinajstić information content (AvgIpc) is 2.89. The Bertz CT molecular complexity index is 491. The van der Waals surface area contributed by atoms with E-state index in [-0.39, 0.29) is 5.91 Å². The number of ether oxygens (including phenoxy) is 1. The van der Waals surface area contributed by atoms with Crippen LogP contribution in [0.25, 0.3) is 0 Å². The molecule has 0 fully saturated rings. The van der Waals surface area contributed by atoms with E-state index >= 15 is 0 Å². The molecule has 0 atom stereocenters. The van der Waals surface area contributed by atoms with Gasteiger partial charge in [-0.2, -0.15) is 0 Å². The molecule has 0 saturated heterocycles. The van der Waals surface area contributed by atoms with E-state index in [9.17, 15) is 4.79 Å². The van der Waals surface area contributed by atoms with Crippen LogP contribution in [-0.4, -0.2) is 12.3 Å². The SMILES string of the molecule is N=COc1ccc(NC(=O)c2cccs2)s1. The van der Waals surface area contributed by atoms with Crippen LogP contribution in [0, 0.1) is 5.41 Å². The van der Waals surface area contributed by atoms with Gasteiger partial charge in [0.25, 0.3) is 5.91 Å². The lowest BCUT2D eigenvalue weighted by Crippen LogP contribution is -2.08. The summed E-state index contributed by atoms with van der Waals surface area (Å²) < 4.78 is 4.87. The average molecular weight is 252 g/mol. The Balaban J connectivity index is 2.03. The third-order valence-corrected chi connectivity index (χ3v) is 3.50. The summed E-state index contributed by atoms with van der Waals surface area (Å²) in [6.07, 6.45) is 0.858. The van der Waals surface area contributed by atoms with Crippen LogP contribution in [0.15, 0.2) is 29.6 Å². The summed E-state index contributed by atoms with van der Waals surface area (Å²) in [6.45, 7) is 0. The van der Waals surface area contributed by atoms with Crippen LogP contribution in [0.5, 0.6) is 5.06 Å². The molecule has 2 aromatic rings. The van der Waals surface area contributed by atoms with Crippen molar-refractivity contribution in [2.75, 3.05) is 5.32 Å². The summed E-state index contributed by atoms with van der Waals surface area (Å²) in [7, 11) is 0. The van der Waals surface area contributed by atoms with Gasteiger partial charge in [0.2, 0.25) is 0 Å². The number of rotatable bonds is 4. The predicted octanol–water partition coefficient (Wildman–Crippen LogP) is 3.05. The van der Waals surface area contributed by atoms with E-state index in [2.05, 4.69) is 5.32 Å². The molecule has 2 N–H and O–H groups in total. The second kappa shape index (κ2) is 4.91. The van der Waals surface area contributed by atoms with E-state index in [1.54, 1.807) is 18.2 Å². The maximum atomic E-state index is 11.7. The normalized spacial score (nSPS) is 9.75. The van der Waals surface area contributed by atoms with Gasteiger partial charge in [0.1, 0.15) is 0 Å². The van der Waals surface area contributed by atoms with Crippen LogP contribution in [-0.2, 0) is 0 Å². The third-order valence-electron chi connectivity index (χ3n) is 1.74. The fourth-order valence-electron chi connectivity index (χ4n) is 1.09. The first-order valence-corrected chi connectivity index (χ1v) is 6.09. The molecule has 0 radical (unpaired) electrons. The molecule has 1 amide bonds. The number of hydrogen-bond donors (Lipinski definition) is 2. The summed E-state index contributed by atoms with van der Waals surface area (Å²) in [6, 6.07) is 7.05. The number of carbonyl (C=O) groups is 1. The van der Waals surface area contributed by atoms with Gasteiger partial charge < -0.3 is 10.1 Å². The van der Waals surface area contributed by atoms with Crippen molar-refractivity contribution in [2.24, 2.45) is 0 Å². The molecule has 2 rings (SSSR count). The largest absolute Gasteiger partial charge is 0.436 e. The van der Waals surface area contributed by atoms with Crippen molar-refractivity contribution >= 4 is 40.0 Å². The van der Waals surface area contributed by atoms with Crippen molar-refractivity contribution < 1.29 is 9.53 Å². The van der Waals surface area contributed by atoms with E-state index in [0.29, 0.717) is 14.9 Å². The lowest BCUT2D eigenvalue weighted by atomic mass is 10.4. The first-order chi connectivity index (χ1) is 7.79. The highest BCUT2D eigenvalue weighted by Gasteiger charge is 2.08. The Kier molecular flexibility index (Phi) is 3.33.